The van der Waals surface area contributed by atoms with E-state index in [0.717, 1.165) is 44.9 Å². The summed E-state index contributed by atoms with van der Waals surface area (Å²) in [5, 5.41) is 122. The summed E-state index contributed by atoms with van der Waals surface area (Å²) in [5.74, 6) is -0.229. The molecule has 19 nitrogen and oxygen atoms in total. The molecule has 3 saturated heterocycles. The second-order valence-corrected chi connectivity index (χ2v) is 36.3. The lowest BCUT2D eigenvalue weighted by Gasteiger charge is -2.48. The number of aliphatic hydroxyl groups is 11. The third-order valence-corrected chi connectivity index (χ3v) is 25.7. The minimum atomic E-state index is -1.97. The van der Waals surface area contributed by atoms with Gasteiger partial charge in [-0.15, -0.1) is 0 Å². The predicted octanol–water partition coefficient (Wildman–Crippen LogP) is 20.8. The molecule has 0 aromatic rings. The minimum Gasteiger partial charge on any atom is -0.394 e. The Bertz CT molecular complexity index is 2080. The zero-order valence-corrected chi connectivity index (χ0v) is 75.0. The molecule has 3 aliphatic rings. The van der Waals surface area contributed by atoms with Gasteiger partial charge in [0.2, 0.25) is 5.91 Å². The van der Waals surface area contributed by atoms with Crippen molar-refractivity contribution >= 4 is 5.91 Å². The van der Waals surface area contributed by atoms with Gasteiger partial charge >= 0.3 is 0 Å². The Balaban J connectivity index is 1.26. The highest BCUT2D eigenvalue weighted by atomic mass is 16.8. The van der Waals surface area contributed by atoms with Gasteiger partial charge in [-0.1, -0.05) is 463 Å². The van der Waals surface area contributed by atoms with Crippen LogP contribution in [0, 0.1) is 0 Å². The van der Waals surface area contributed by atoms with Gasteiger partial charge in [-0.25, -0.2) is 0 Å². The standard InChI is InChI=1S/C97H189NO18/c1-3-5-7-9-11-13-15-17-19-21-23-25-27-29-31-33-35-36-37-38-39-40-41-42-43-44-45-47-49-51-53-55-57-59-61-63-65-67-69-71-73-75-85(103)98-80(81(102)74-72-70-68-66-64-62-60-58-56-54-52-50-48-46-34-32-30-28-26-24-22-20-18-16-14-12-10-8-6-4-2)79-111-95-91(109)88(106)93(83(77-100)113-95)116-97-92(110)89(107)94(84(78-101)114-97)115-96-90(108)87(105)86(104)82(76-99)112-96/h80-84,86-97,99-102,104-110H,3-79H2,1-2H3,(H,98,103). The van der Waals surface area contributed by atoms with E-state index < -0.39 is 124 Å². The Morgan fingerprint density at radius 2 is 0.491 bits per heavy atom. The van der Waals surface area contributed by atoms with Crippen molar-refractivity contribution < 1.29 is 89.4 Å². The molecule has 3 rings (SSSR count). The van der Waals surface area contributed by atoms with Gasteiger partial charge in [0.1, 0.15) is 73.2 Å². The Hall–Kier alpha value is -1.21. The van der Waals surface area contributed by atoms with E-state index in [1.807, 2.05) is 0 Å². The molecular weight excluding hydrogens is 1470 g/mol. The van der Waals surface area contributed by atoms with E-state index >= 15 is 0 Å². The zero-order valence-electron chi connectivity index (χ0n) is 75.0. The number of hydrogen-bond donors (Lipinski definition) is 12. The normalized spacial score (nSPS) is 24.4. The van der Waals surface area contributed by atoms with Crippen LogP contribution >= 0.6 is 0 Å². The van der Waals surface area contributed by atoms with Crippen molar-refractivity contribution in [2.75, 3.05) is 26.4 Å². The van der Waals surface area contributed by atoms with Crippen LogP contribution in [0.25, 0.3) is 0 Å². The zero-order chi connectivity index (χ0) is 83.8. The fourth-order valence-electron chi connectivity index (χ4n) is 17.7. The lowest BCUT2D eigenvalue weighted by atomic mass is 9.96. The number of carbonyl (C=O) groups excluding carboxylic acids is 1. The molecule has 0 aromatic carbocycles. The topological polar surface area (TPSA) is 307 Å². The number of aliphatic hydroxyl groups excluding tert-OH is 11. The highest BCUT2D eigenvalue weighted by Crippen LogP contribution is 2.34. The van der Waals surface area contributed by atoms with Crippen molar-refractivity contribution in [1.29, 1.82) is 0 Å². The van der Waals surface area contributed by atoms with E-state index in [1.54, 1.807) is 0 Å². The van der Waals surface area contributed by atoms with Gasteiger partial charge in [-0.05, 0) is 12.8 Å². The predicted molar refractivity (Wildman–Crippen MR) is 471 cm³/mol. The van der Waals surface area contributed by atoms with Gasteiger partial charge in [0.05, 0.1) is 38.6 Å². The molecular formula is C97H189NO18. The molecule has 690 valence electrons. The van der Waals surface area contributed by atoms with E-state index in [0.29, 0.717) is 12.8 Å². The fraction of sp³-hybridized carbons (Fsp3) is 0.990. The largest absolute Gasteiger partial charge is 0.394 e. The summed E-state index contributed by atoms with van der Waals surface area (Å²) in [7, 11) is 0. The number of unbranched alkanes of at least 4 members (excludes halogenated alkanes) is 69. The molecule has 0 bridgehead atoms. The van der Waals surface area contributed by atoms with Crippen LogP contribution in [0.1, 0.15) is 483 Å². The molecule has 3 fully saturated rings. The van der Waals surface area contributed by atoms with Crippen molar-refractivity contribution in [2.24, 2.45) is 0 Å². The summed E-state index contributed by atoms with van der Waals surface area (Å²) >= 11 is 0. The first-order chi connectivity index (χ1) is 56.8. The first kappa shape index (κ1) is 109. The second-order valence-electron chi connectivity index (χ2n) is 36.3. The second kappa shape index (κ2) is 77.4. The SMILES string of the molecule is CCCCCCCCCCCCCCCCCCCCCCCCCCCCCCCCCCCCCCCCCCCC(=O)NC(COC1OC(CO)C(OC2OC(CO)C(OC3OC(CO)C(O)C(O)C3O)C(O)C2O)C(O)C1O)C(O)CCCCCCCCCCCCCCCCCCCCCCCCCCCCCCCC. The third kappa shape index (κ3) is 54.5. The van der Waals surface area contributed by atoms with Crippen LogP contribution in [0.2, 0.25) is 0 Å². The number of carbonyl (C=O) groups is 1. The van der Waals surface area contributed by atoms with Crippen molar-refractivity contribution in [3.05, 3.63) is 0 Å². The third-order valence-electron chi connectivity index (χ3n) is 25.7. The summed E-state index contributed by atoms with van der Waals surface area (Å²) in [6.45, 7) is 1.90. The van der Waals surface area contributed by atoms with Crippen molar-refractivity contribution in [1.82, 2.24) is 5.32 Å². The van der Waals surface area contributed by atoms with E-state index in [-0.39, 0.29) is 18.9 Å². The van der Waals surface area contributed by atoms with Gasteiger partial charge in [0, 0.05) is 6.42 Å². The van der Waals surface area contributed by atoms with Crippen LogP contribution in [0.4, 0.5) is 0 Å². The van der Waals surface area contributed by atoms with Gasteiger partial charge in [0.15, 0.2) is 18.9 Å². The molecule has 3 aliphatic heterocycles. The van der Waals surface area contributed by atoms with Crippen LogP contribution in [0.5, 0.6) is 0 Å². The lowest BCUT2D eigenvalue weighted by Crippen LogP contribution is -2.66. The van der Waals surface area contributed by atoms with E-state index in [1.165, 1.54) is 405 Å². The summed E-state index contributed by atoms with van der Waals surface area (Å²) in [6.07, 6.45) is 69.7. The van der Waals surface area contributed by atoms with Crippen LogP contribution < -0.4 is 5.32 Å². The maximum atomic E-state index is 13.6. The molecule has 116 heavy (non-hydrogen) atoms. The first-order valence-corrected chi connectivity index (χ1v) is 50.3. The Morgan fingerprint density at radius 3 is 0.750 bits per heavy atom. The number of nitrogens with one attached hydrogen (secondary N) is 1. The average molecular weight is 1660 g/mol. The van der Waals surface area contributed by atoms with Crippen LogP contribution in [-0.4, -0.2) is 193 Å². The van der Waals surface area contributed by atoms with Gasteiger partial charge in [-0.3, -0.25) is 4.79 Å². The molecule has 17 atom stereocenters. The van der Waals surface area contributed by atoms with E-state index in [9.17, 15) is 61.0 Å². The lowest BCUT2D eigenvalue weighted by molar-refractivity contribution is -0.379. The van der Waals surface area contributed by atoms with Crippen LogP contribution in [-0.2, 0) is 33.2 Å². The molecule has 0 saturated carbocycles. The first-order valence-electron chi connectivity index (χ1n) is 50.3. The monoisotopic (exact) mass is 1660 g/mol. The molecule has 1 amide bonds. The van der Waals surface area contributed by atoms with Crippen molar-refractivity contribution in [3.8, 4) is 0 Å². The van der Waals surface area contributed by atoms with Gasteiger partial charge in [0.25, 0.3) is 0 Å². The molecule has 3 heterocycles. The van der Waals surface area contributed by atoms with Gasteiger partial charge < -0.3 is 89.9 Å². The minimum absolute atomic E-state index is 0.229. The molecule has 12 N–H and O–H groups in total. The number of hydrogen-bond acceptors (Lipinski definition) is 18. The Kier molecular flexibility index (Phi) is 72.7. The van der Waals surface area contributed by atoms with E-state index in [2.05, 4.69) is 19.2 Å². The fourth-order valence-corrected chi connectivity index (χ4v) is 17.7. The van der Waals surface area contributed by atoms with Crippen molar-refractivity contribution in [2.45, 2.75) is 587 Å². The summed E-state index contributed by atoms with van der Waals surface area (Å²) in [6, 6.07) is -0.885. The number of amides is 1. The van der Waals surface area contributed by atoms with Gasteiger partial charge in [-0.2, -0.15) is 0 Å². The smallest absolute Gasteiger partial charge is 0.220 e. The summed E-state index contributed by atoms with van der Waals surface area (Å²) in [5.41, 5.74) is 0. The Morgan fingerprint density at radius 1 is 0.276 bits per heavy atom. The summed E-state index contributed by atoms with van der Waals surface area (Å²) < 4.78 is 34.7. The number of ether oxygens (including phenoxy) is 6. The maximum absolute atomic E-state index is 13.6. The maximum Gasteiger partial charge on any atom is 0.220 e. The van der Waals surface area contributed by atoms with Crippen LogP contribution in [0.15, 0.2) is 0 Å². The Labute approximate surface area is 710 Å². The molecule has 0 spiro atoms. The quantitative estimate of drug-likeness (QED) is 0.0252. The molecule has 19 heteroatoms. The molecule has 0 radical (unpaired) electrons. The van der Waals surface area contributed by atoms with Crippen LogP contribution in [0.3, 0.4) is 0 Å². The highest BCUT2D eigenvalue weighted by Gasteiger charge is 2.54. The molecule has 17 unspecified atom stereocenters. The van der Waals surface area contributed by atoms with Crippen molar-refractivity contribution in [3.63, 3.8) is 0 Å². The molecule has 0 aliphatic carbocycles. The molecule has 0 aromatic heterocycles. The van der Waals surface area contributed by atoms with E-state index in [4.69, 9.17) is 28.4 Å². The number of rotatable bonds is 85. The average Bonchev–Trinajstić information content (AvgIpc) is 0.783. The highest BCUT2D eigenvalue weighted by molar-refractivity contribution is 5.76. The summed E-state index contributed by atoms with van der Waals surface area (Å²) in [4.78, 5) is 13.6.